The van der Waals surface area contributed by atoms with Crippen LogP contribution >= 0.6 is 0 Å². The van der Waals surface area contributed by atoms with Gasteiger partial charge in [-0.15, -0.1) is 0 Å². The summed E-state index contributed by atoms with van der Waals surface area (Å²) in [5.74, 6) is -0.432. The highest BCUT2D eigenvalue weighted by molar-refractivity contribution is 6.07. The van der Waals surface area contributed by atoms with Gasteiger partial charge in [-0.05, 0) is 26.3 Å². The van der Waals surface area contributed by atoms with Crippen LogP contribution in [-0.2, 0) is 7.05 Å². The summed E-state index contributed by atoms with van der Waals surface area (Å²) in [6.07, 6.45) is 3.22. The molecule has 0 fully saturated rings. The lowest BCUT2D eigenvalue weighted by Gasteiger charge is -2.16. The maximum absolute atomic E-state index is 12.3. The molecule has 0 saturated carbocycles. The summed E-state index contributed by atoms with van der Waals surface area (Å²) >= 11 is 0. The number of aromatic nitrogens is 2. The summed E-state index contributed by atoms with van der Waals surface area (Å²) in [4.78, 5) is 26.9. The van der Waals surface area contributed by atoms with Gasteiger partial charge in [0.05, 0.1) is 22.5 Å². The number of pyridine rings is 1. The monoisotopic (exact) mass is 272 g/mol. The second-order valence-electron chi connectivity index (χ2n) is 5.37. The molecule has 0 aromatic carbocycles. The molecule has 0 bridgehead atoms. The number of amides is 1. The molecule has 0 saturated heterocycles. The molecule has 2 aromatic heterocycles. The van der Waals surface area contributed by atoms with E-state index in [1.54, 1.807) is 37.9 Å². The molecule has 0 spiro atoms. The van der Waals surface area contributed by atoms with E-state index in [1.807, 2.05) is 13.0 Å². The van der Waals surface area contributed by atoms with E-state index in [-0.39, 0.29) is 11.1 Å². The molecule has 2 N–H and O–H groups in total. The van der Waals surface area contributed by atoms with E-state index in [4.69, 9.17) is 5.26 Å². The number of aromatic amines is 1. The Morgan fingerprint density at radius 3 is 2.75 bits per heavy atom. The average Bonchev–Trinajstić information content (AvgIpc) is 2.73. The molecule has 2 aromatic rings. The van der Waals surface area contributed by atoms with E-state index in [0.29, 0.717) is 10.9 Å². The van der Waals surface area contributed by atoms with E-state index in [9.17, 15) is 9.59 Å². The fourth-order valence-corrected chi connectivity index (χ4v) is 2.20. The van der Waals surface area contributed by atoms with Crippen molar-refractivity contribution >= 4 is 16.8 Å². The SMILES string of the molecule is Cc1c[nH]c(=O)c2c(C(=O)NC(C)(C)C#N)cn(C)c12. The van der Waals surface area contributed by atoms with Crippen LogP contribution in [0.1, 0.15) is 29.8 Å². The van der Waals surface area contributed by atoms with E-state index >= 15 is 0 Å². The Hall–Kier alpha value is -2.55. The van der Waals surface area contributed by atoms with Crippen molar-refractivity contribution in [3.63, 3.8) is 0 Å². The molecule has 0 radical (unpaired) electrons. The zero-order valence-corrected chi connectivity index (χ0v) is 11.9. The van der Waals surface area contributed by atoms with Crippen LogP contribution < -0.4 is 10.9 Å². The Labute approximate surface area is 116 Å². The lowest BCUT2D eigenvalue weighted by atomic mass is 10.1. The largest absolute Gasteiger partial charge is 0.349 e. The van der Waals surface area contributed by atoms with Crippen molar-refractivity contribution in [1.29, 1.82) is 5.26 Å². The van der Waals surface area contributed by atoms with Crippen LogP contribution in [0.4, 0.5) is 0 Å². The summed E-state index contributed by atoms with van der Waals surface area (Å²) < 4.78 is 1.74. The van der Waals surface area contributed by atoms with E-state index in [0.717, 1.165) is 5.56 Å². The number of nitrogens with zero attached hydrogens (tertiary/aromatic N) is 2. The second-order valence-corrected chi connectivity index (χ2v) is 5.37. The van der Waals surface area contributed by atoms with Gasteiger partial charge < -0.3 is 14.9 Å². The molecule has 6 nitrogen and oxygen atoms in total. The molecular formula is C14H16N4O2. The smallest absolute Gasteiger partial charge is 0.258 e. The molecule has 2 heterocycles. The third-order valence-electron chi connectivity index (χ3n) is 3.15. The van der Waals surface area contributed by atoms with Crippen LogP contribution in [0.15, 0.2) is 17.2 Å². The van der Waals surface area contributed by atoms with Crippen LogP contribution in [0, 0.1) is 18.3 Å². The number of fused-ring (bicyclic) bond motifs is 1. The van der Waals surface area contributed by atoms with Crippen LogP contribution in [0.25, 0.3) is 10.9 Å². The van der Waals surface area contributed by atoms with Crippen LogP contribution in [0.5, 0.6) is 0 Å². The highest BCUT2D eigenvalue weighted by Crippen LogP contribution is 2.20. The van der Waals surface area contributed by atoms with Crippen molar-refractivity contribution in [2.75, 3.05) is 0 Å². The molecule has 104 valence electrons. The standard InChI is InChI=1S/C14H16N4O2/c1-8-5-16-13(20)10-9(6-18(4)11(8)10)12(19)17-14(2,3)7-15/h5-6H,1-4H3,(H,16,20)(H,17,19). The molecule has 20 heavy (non-hydrogen) atoms. The van der Waals surface area contributed by atoms with Crippen molar-refractivity contribution in [3.8, 4) is 6.07 Å². The lowest BCUT2D eigenvalue weighted by Crippen LogP contribution is -2.42. The molecule has 6 heteroatoms. The van der Waals surface area contributed by atoms with Gasteiger partial charge in [0.15, 0.2) is 0 Å². The Morgan fingerprint density at radius 2 is 2.15 bits per heavy atom. The molecule has 0 aliphatic heterocycles. The zero-order valence-electron chi connectivity index (χ0n) is 11.9. The zero-order chi connectivity index (χ0) is 15.1. The first-order valence-electron chi connectivity index (χ1n) is 6.18. The highest BCUT2D eigenvalue weighted by atomic mass is 16.2. The van der Waals surface area contributed by atoms with Gasteiger partial charge >= 0.3 is 0 Å². The molecular weight excluding hydrogens is 256 g/mol. The minimum Gasteiger partial charge on any atom is -0.349 e. The number of carbonyl (C=O) groups is 1. The minimum absolute atomic E-state index is 0.274. The quantitative estimate of drug-likeness (QED) is 0.860. The highest BCUT2D eigenvalue weighted by Gasteiger charge is 2.24. The first kappa shape index (κ1) is 13.9. The van der Waals surface area contributed by atoms with Gasteiger partial charge in [-0.3, -0.25) is 9.59 Å². The van der Waals surface area contributed by atoms with Crippen LogP contribution in [0.3, 0.4) is 0 Å². The summed E-state index contributed by atoms with van der Waals surface area (Å²) in [5, 5.41) is 11.9. The number of nitriles is 1. The first-order valence-corrected chi connectivity index (χ1v) is 6.18. The Bertz CT molecular complexity index is 790. The predicted octanol–water partition coefficient (Wildman–Crippen LogP) is 1.21. The minimum atomic E-state index is -0.990. The van der Waals surface area contributed by atoms with Gasteiger partial charge in [0.2, 0.25) is 0 Å². The maximum atomic E-state index is 12.3. The molecule has 0 aliphatic rings. The summed E-state index contributed by atoms with van der Waals surface area (Å²) in [6.45, 7) is 5.07. The Balaban J connectivity index is 2.63. The molecule has 2 rings (SSSR count). The number of carbonyl (C=O) groups excluding carboxylic acids is 1. The number of rotatable bonds is 2. The lowest BCUT2D eigenvalue weighted by molar-refractivity contribution is 0.0930. The average molecular weight is 272 g/mol. The van der Waals surface area contributed by atoms with Crippen molar-refractivity contribution in [2.24, 2.45) is 7.05 Å². The second kappa shape index (κ2) is 4.53. The number of aryl methyl sites for hydroxylation is 2. The van der Waals surface area contributed by atoms with Crippen LogP contribution in [-0.4, -0.2) is 21.0 Å². The van der Waals surface area contributed by atoms with Gasteiger partial charge in [0, 0.05) is 19.4 Å². The summed E-state index contributed by atoms with van der Waals surface area (Å²) in [7, 11) is 1.78. The fourth-order valence-electron chi connectivity index (χ4n) is 2.20. The molecule has 0 aliphatic carbocycles. The molecule has 0 atom stereocenters. The predicted molar refractivity (Wildman–Crippen MR) is 75.4 cm³/mol. The third kappa shape index (κ3) is 2.18. The van der Waals surface area contributed by atoms with Crippen molar-refractivity contribution in [1.82, 2.24) is 14.9 Å². The third-order valence-corrected chi connectivity index (χ3v) is 3.15. The van der Waals surface area contributed by atoms with Crippen molar-refractivity contribution < 1.29 is 4.79 Å². The number of H-pyrrole nitrogens is 1. The summed E-state index contributed by atoms with van der Waals surface area (Å²) in [6, 6.07) is 2.00. The van der Waals surface area contributed by atoms with Gasteiger partial charge in [-0.1, -0.05) is 0 Å². The molecule has 0 unspecified atom stereocenters. The van der Waals surface area contributed by atoms with E-state index < -0.39 is 11.4 Å². The van der Waals surface area contributed by atoms with Gasteiger partial charge in [-0.25, -0.2) is 0 Å². The molecule has 1 amide bonds. The number of nitrogens with one attached hydrogen (secondary N) is 2. The first-order chi connectivity index (χ1) is 9.26. The normalized spacial score (nSPS) is 11.3. The van der Waals surface area contributed by atoms with Gasteiger partial charge in [0.25, 0.3) is 11.5 Å². The number of hydrogen-bond donors (Lipinski definition) is 2. The topological polar surface area (TPSA) is 90.7 Å². The van der Waals surface area contributed by atoms with E-state index in [1.165, 1.54) is 0 Å². The van der Waals surface area contributed by atoms with Crippen molar-refractivity contribution in [3.05, 3.63) is 33.9 Å². The van der Waals surface area contributed by atoms with Gasteiger partial charge in [0.1, 0.15) is 5.54 Å². The van der Waals surface area contributed by atoms with E-state index in [2.05, 4.69) is 10.3 Å². The van der Waals surface area contributed by atoms with Crippen LogP contribution in [0.2, 0.25) is 0 Å². The summed E-state index contributed by atoms with van der Waals surface area (Å²) in [5.41, 5.74) is 0.562. The fraction of sp³-hybridized carbons (Fsp3) is 0.357. The van der Waals surface area contributed by atoms with Gasteiger partial charge in [-0.2, -0.15) is 5.26 Å². The Morgan fingerprint density at radius 1 is 1.50 bits per heavy atom. The van der Waals surface area contributed by atoms with Crippen molar-refractivity contribution in [2.45, 2.75) is 26.3 Å². The Kier molecular flexibility index (Phi) is 3.14. The maximum Gasteiger partial charge on any atom is 0.258 e. The number of hydrogen-bond acceptors (Lipinski definition) is 3.